The van der Waals surface area contributed by atoms with E-state index in [2.05, 4.69) is 10.3 Å². The number of amides is 1. The first kappa shape index (κ1) is 20.8. The van der Waals surface area contributed by atoms with Crippen LogP contribution in [0.3, 0.4) is 0 Å². The van der Waals surface area contributed by atoms with Crippen LogP contribution in [0.15, 0.2) is 35.7 Å². The van der Waals surface area contributed by atoms with Crippen LogP contribution in [0.5, 0.6) is 0 Å². The molecule has 0 radical (unpaired) electrons. The topological polar surface area (TPSA) is 84.3 Å². The quantitative estimate of drug-likeness (QED) is 0.791. The number of benzene rings is 1. The highest BCUT2D eigenvalue weighted by atomic mass is 35.5. The Labute approximate surface area is 168 Å². The minimum Gasteiger partial charge on any atom is -0.334 e. The average molecular weight is 429 g/mol. The Morgan fingerprint density at radius 3 is 2.79 bits per heavy atom. The zero-order chi connectivity index (χ0) is 20.5. The van der Waals surface area contributed by atoms with E-state index in [0.29, 0.717) is 25.1 Å². The van der Waals surface area contributed by atoms with Gasteiger partial charge in [0.25, 0.3) is 10.0 Å². The highest BCUT2D eigenvalue weighted by Gasteiger charge is 2.34. The lowest BCUT2D eigenvalue weighted by Gasteiger charge is -2.30. The number of piperidine rings is 1. The van der Waals surface area contributed by atoms with Crippen LogP contribution in [0, 0.1) is 11.7 Å². The molecule has 7 nitrogen and oxygen atoms in total. The molecular weight excluding hydrogens is 407 g/mol. The third kappa shape index (κ3) is 4.37. The number of aromatic nitrogens is 2. The first-order chi connectivity index (χ1) is 13.2. The lowest BCUT2D eigenvalue weighted by molar-refractivity contribution is -0.120. The zero-order valence-electron chi connectivity index (χ0n) is 15.6. The van der Waals surface area contributed by atoms with Gasteiger partial charge in [0.2, 0.25) is 5.91 Å². The molecule has 1 N–H and O–H groups in total. The summed E-state index contributed by atoms with van der Waals surface area (Å²) in [6, 6.07) is 4.00. The number of hydrogen-bond donors (Lipinski definition) is 1. The van der Waals surface area contributed by atoms with Crippen LogP contribution < -0.4 is 5.32 Å². The molecule has 1 amide bonds. The predicted molar refractivity (Wildman–Crippen MR) is 104 cm³/mol. The number of nitrogens with zero attached hydrogens (tertiary/aromatic N) is 3. The van der Waals surface area contributed by atoms with E-state index in [1.165, 1.54) is 35.0 Å². The van der Waals surface area contributed by atoms with Crippen LogP contribution in [0.1, 0.15) is 32.7 Å². The molecule has 10 heteroatoms. The number of nitrogens with one attached hydrogen (secondary N) is 1. The number of sulfonamides is 1. The van der Waals surface area contributed by atoms with Crippen LogP contribution in [-0.4, -0.2) is 41.3 Å². The fourth-order valence-electron chi connectivity index (χ4n) is 3.06. The van der Waals surface area contributed by atoms with E-state index in [4.69, 9.17) is 11.6 Å². The molecule has 28 heavy (non-hydrogen) atoms. The fraction of sp³-hybridized carbons (Fsp3) is 0.444. The summed E-state index contributed by atoms with van der Waals surface area (Å²) in [6.07, 6.45) is 4.12. The van der Waals surface area contributed by atoms with Gasteiger partial charge in [0, 0.05) is 31.0 Å². The number of rotatable bonds is 5. The van der Waals surface area contributed by atoms with Crippen molar-refractivity contribution in [2.75, 3.05) is 18.4 Å². The molecule has 1 atom stereocenters. The Morgan fingerprint density at radius 1 is 1.39 bits per heavy atom. The molecule has 2 aromatic rings. The number of halogens is 2. The largest absolute Gasteiger partial charge is 0.334 e. The van der Waals surface area contributed by atoms with Crippen molar-refractivity contribution >= 4 is 33.2 Å². The van der Waals surface area contributed by atoms with Crippen LogP contribution >= 0.6 is 11.6 Å². The molecule has 1 unspecified atom stereocenters. The van der Waals surface area contributed by atoms with Gasteiger partial charge in [-0.25, -0.2) is 17.8 Å². The molecule has 1 saturated heterocycles. The summed E-state index contributed by atoms with van der Waals surface area (Å²) in [5, 5.41) is 2.57. The molecular formula is C18H22ClFN4O3S. The average Bonchev–Trinajstić information content (AvgIpc) is 3.16. The highest BCUT2D eigenvalue weighted by Crippen LogP contribution is 2.25. The van der Waals surface area contributed by atoms with Gasteiger partial charge in [-0.3, -0.25) is 4.79 Å². The number of anilines is 1. The first-order valence-corrected chi connectivity index (χ1v) is 10.8. The smallest absolute Gasteiger partial charge is 0.262 e. The molecule has 152 valence electrons. The van der Waals surface area contributed by atoms with Crippen molar-refractivity contribution in [2.24, 2.45) is 5.92 Å². The van der Waals surface area contributed by atoms with Crippen molar-refractivity contribution in [1.82, 2.24) is 13.9 Å². The second-order valence-corrected chi connectivity index (χ2v) is 9.37. The van der Waals surface area contributed by atoms with Gasteiger partial charge in [-0.05, 0) is 44.9 Å². The van der Waals surface area contributed by atoms with Gasteiger partial charge < -0.3 is 9.88 Å². The molecule has 1 aromatic carbocycles. The normalized spacial score (nSPS) is 18.4. The summed E-state index contributed by atoms with van der Waals surface area (Å²) in [7, 11) is -3.78. The predicted octanol–water partition coefficient (Wildman–Crippen LogP) is 3.30. The molecule has 0 spiro atoms. The molecule has 1 aliphatic rings. The van der Waals surface area contributed by atoms with Crippen molar-refractivity contribution in [3.8, 4) is 0 Å². The molecule has 1 aromatic heterocycles. The summed E-state index contributed by atoms with van der Waals surface area (Å²) in [5.41, 5.74) is 0.368. The maximum atomic E-state index is 13.3. The van der Waals surface area contributed by atoms with Gasteiger partial charge >= 0.3 is 0 Å². The van der Waals surface area contributed by atoms with Gasteiger partial charge in [-0.15, -0.1) is 0 Å². The third-order valence-corrected chi connectivity index (χ3v) is 6.76. The van der Waals surface area contributed by atoms with Crippen molar-refractivity contribution < 1.29 is 17.6 Å². The number of hydrogen-bond acceptors (Lipinski definition) is 4. The van der Waals surface area contributed by atoms with E-state index in [0.717, 1.165) is 0 Å². The van der Waals surface area contributed by atoms with Crippen molar-refractivity contribution in [1.29, 1.82) is 0 Å². The van der Waals surface area contributed by atoms with E-state index in [1.807, 2.05) is 13.8 Å². The van der Waals surface area contributed by atoms with Crippen molar-refractivity contribution in [3.05, 3.63) is 41.6 Å². The minimum absolute atomic E-state index is 0.0208. The monoisotopic (exact) mass is 428 g/mol. The molecule has 0 saturated carbocycles. The second kappa shape index (κ2) is 8.18. The third-order valence-electron chi connectivity index (χ3n) is 4.72. The molecule has 1 fully saturated rings. The van der Waals surface area contributed by atoms with Gasteiger partial charge in [0.15, 0.2) is 5.03 Å². The highest BCUT2D eigenvalue weighted by molar-refractivity contribution is 7.89. The number of carbonyl (C=O) groups is 1. The van der Waals surface area contributed by atoms with Gasteiger partial charge in [0.1, 0.15) is 5.82 Å². The zero-order valence-corrected chi connectivity index (χ0v) is 17.2. The number of imidazole rings is 1. The van der Waals surface area contributed by atoms with Gasteiger partial charge in [-0.1, -0.05) is 11.6 Å². The Bertz CT molecular complexity index is 977. The molecule has 1 aliphatic heterocycles. The molecule has 0 aliphatic carbocycles. The summed E-state index contributed by atoms with van der Waals surface area (Å²) < 4.78 is 42.1. The summed E-state index contributed by atoms with van der Waals surface area (Å²) in [6.45, 7) is 4.27. The van der Waals surface area contributed by atoms with E-state index >= 15 is 0 Å². The Morgan fingerprint density at radius 2 is 2.14 bits per heavy atom. The van der Waals surface area contributed by atoms with Gasteiger partial charge in [0.05, 0.1) is 17.3 Å². The maximum Gasteiger partial charge on any atom is 0.262 e. The van der Waals surface area contributed by atoms with Crippen molar-refractivity contribution in [2.45, 2.75) is 37.8 Å². The second-order valence-electron chi connectivity index (χ2n) is 7.07. The minimum atomic E-state index is -3.78. The summed E-state index contributed by atoms with van der Waals surface area (Å²) >= 11 is 5.74. The van der Waals surface area contributed by atoms with Crippen LogP contribution in [0.2, 0.25) is 5.02 Å². The first-order valence-electron chi connectivity index (χ1n) is 8.98. The van der Waals surface area contributed by atoms with Crippen LogP contribution in [0.25, 0.3) is 0 Å². The van der Waals surface area contributed by atoms with E-state index in [9.17, 15) is 17.6 Å². The fourth-order valence-corrected chi connectivity index (χ4v) is 4.68. The molecule has 3 rings (SSSR count). The van der Waals surface area contributed by atoms with Crippen LogP contribution in [-0.2, 0) is 14.8 Å². The van der Waals surface area contributed by atoms with E-state index in [1.54, 1.807) is 4.57 Å². The summed E-state index contributed by atoms with van der Waals surface area (Å²) in [5.74, 6) is -1.41. The summed E-state index contributed by atoms with van der Waals surface area (Å²) in [4.78, 5) is 16.6. The van der Waals surface area contributed by atoms with E-state index < -0.39 is 21.8 Å². The molecule has 0 bridgehead atoms. The lowest BCUT2D eigenvalue weighted by Crippen LogP contribution is -2.43. The lowest BCUT2D eigenvalue weighted by atomic mass is 9.99. The Kier molecular flexibility index (Phi) is 6.07. The van der Waals surface area contributed by atoms with Crippen molar-refractivity contribution in [3.63, 3.8) is 0 Å². The maximum absolute atomic E-state index is 13.3. The molecule has 2 heterocycles. The number of carbonyl (C=O) groups excluding carboxylic acids is 1. The van der Waals surface area contributed by atoms with Crippen LogP contribution in [0.4, 0.5) is 10.1 Å². The Balaban J connectivity index is 1.71. The van der Waals surface area contributed by atoms with E-state index in [-0.39, 0.29) is 28.5 Å². The SMILES string of the molecule is CC(C)n1cnc(S(=O)(=O)N2CCCC(C(=O)Nc3ccc(F)c(Cl)c3)C2)c1. The van der Waals surface area contributed by atoms with Gasteiger partial charge in [-0.2, -0.15) is 4.31 Å². The Hall–Kier alpha value is -1.97. The standard InChI is InChI=1S/C18H22ClFN4O3S/c1-12(2)23-10-17(21-11-23)28(26,27)24-7-3-4-13(9-24)18(25)22-14-5-6-16(20)15(19)8-14/h5-6,8,10-13H,3-4,7,9H2,1-2H3,(H,22,25).